The molecule has 2 atom stereocenters. The summed E-state index contributed by atoms with van der Waals surface area (Å²) in [5.41, 5.74) is 7.19. The molecule has 0 N–H and O–H groups in total. The Morgan fingerprint density at radius 3 is 2.42 bits per heavy atom. The number of ether oxygens (including phenoxy) is 2. The van der Waals surface area contributed by atoms with Crippen molar-refractivity contribution in [2.45, 2.75) is 24.4 Å². The molecule has 3 aliphatic rings. The molecule has 1 saturated heterocycles. The highest BCUT2D eigenvalue weighted by molar-refractivity contribution is 9.10. The van der Waals surface area contributed by atoms with Crippen LogP contribution in [0.15, 0.2) is 77.5 Å². The van der Waals surface area contributed by atoms with Crippen molar-refractivity contribution in [1.29, 1.82) is 0 Å². The molecule has 2 aliphatic heterocycles. The topological polar surface area (TPSA) is 51.7 Å². The van der Waals surface area contributed by atoms with E-state index in [1.165, 1.54) is 27.8 Å². The third-order valence-corrected chi connectivity index (χ3v) is 7.31. The first kappa shape index (κ1) is 20.6. The third-order valence-electron chi connectivity index (χ3n) is 6.84. The number of carbonyl (C=O) groups is 1. The molecular weight excluding hydrogens is 480 g/mol. The highest BCUT2D eigenvalue weighted by atomic mass is 79.9. The van der Waals surface area contributed by atoms with Gasteiger partial charge in [-0.25, -0.2) is 9.78 Å². The van der Waals surface area contributed by atoms with E-state index < -0.39 is 0 Å². The van der Waals surface area contributed by atoms with Gasteiger partial charge >= 0.3 is 6.09 Å². The predicted molar refractivity (Wildman–Crippen MR) is 130 cm³/mol. The first-order valence-electron chi connectivity index (χ1n) is 11.2. The molecule has 6 heteroatoms. The standard InChI is InChI=1S/C27H23BrN2O3/c28-26-10-9-17(13-29-26)18-11-19-14-32-15-20(12-18)30(19)27(31)33-16-25-23-7-3-1-5-21(23)22-6-2-4-8-24(22)25/h1-11,13,19-20,25H,12,14-16H2. The highest BCUT2D eigenvalue weighted by Crippen LogP contribution is 2.44. The van der Waals surface area contributed by atoms with Crippen molar-refractivity contribution in [3.05, 3.63) is 94.2 Å². The van der Waals surface area contributed by atoms with E-state index in [9.17, 15) is 4.79 Å². The lowest BCUT2D eigenvalue weighted by Crippen LogP contribution is -2.56. The highest BCUT2D eigenvalue weighted by Gasteiger charge is 2.40. The second kappa shape index (κ2) is 8.43. The van der Waals surface area contributed by atoms with E-state index in [1.54, 1.807) is 0 Å². The lowest BCUT2D eigenvalue weighted by molar-refractivity contribution is -0.0331. The van der Waals surface area contributed by atoms with Gasteiger partial charge in [-0.1, -0.05) is 60.7 Å². The minimum Gasteiger partial charge on any atom is -0.448 e. The Kier molecular flexibility index (Phi) is 5.27. The van der Waals surface area contributed by atoms with Crippen LogP contribution in [0.5, 0.6) is 0 Å². The molecule has 3 aromatic rings. The van der Waals surface area contributed by atoms with Gasteiger partial charge in [-0.2, -0.15) is 0 Å². The van der Waals surface area contributed by atoms with Crippen molar-refractivity contribution in [2.24, 2.45) is 0 Å². The Morgan fingerprint density at radius 2 is 1.76 bits per heavy atom. The number of aromatic nitrogens is 1. The number of hydrogen-bond donors (Lipinski definition) is 0. The summed E-state index contributed by atoms with van der Waals surface area (Å²) < 4.78 is 12.5. The van der Waals surface area contributed by atoms with Crippen molar-refractivity contribution >= 4 is 27.6 Å². The number of amides is 1. The maximum absolute atomic E-state index is 13.3. The quantitative estimate of drug-likeness (QED) is 0.434. The zero-order chi connectivity index (χ0) is 22.4. The Hall–Kier alpha value is -2.96. The molecule has 1 amide bonds. The van der Waals surface area contributed by atoms with Crippen LogP contribution in [0, 0.1) is 0 Å². The summed E-state index contributed by atoms with van der Waals surface area (Å²) in [7, 11) is 0. The van der Waals surface area contributed by atoms with Crippen LogP contribution in [0.1, 0.15) is 29.0 Å². The molecule has 5 nitrogen and oxygen atoms in total. The van der Waals surface area contributed by atoms with Gasteiger partial charge in [0.25, 0.3) is 0 Å². The van der Waals surface area contributed by atoms with Crippen LogP contribution in [0.4, 0.5) is 4.79 Å². The molecule has 2 unspecified atom stereocenters. The summed E-state index contributed by atoms with van der Waals surface area (Å²) in [5.74, 6) is 0.0576. The largest absolute Gasteiger partial charge is 0.448 e. The predicted octanol–water partition coefficient (Wildman–Crippen LogP) is 5.65. The van der Waals surface area contributed by atoms with E-state index in [2.05, 4.69) is 81.6 Å². The molecule has 3 heterocycles. The molecular formula is C27H23BrN2O3. The van der Waals surface area contributed by atoms with Crippen molar-refractivity contribution in [3.63, 3.8) is 0 Å². The molecule has 0 radical (unpaired) electrons. The molecule has 6 rings (SSSR count). The Balaban J connectivity index is 1.22. The summed E-state index contributed by atoms with van der Waals surface area (Å²) in [5, 5.41) is 0. The van der Waals surface area contributed by atoms with Gasteiger partial charge in [-0.05, 0) is 61.8 Å². The number of morpholine rings is 1. The van der Waals surface area contributed by atoms with Gasteiger partial charge < -0.3 is 9.47 Å². The van der Waals surface area contributed by atoms with E-state index in [0.717, 1.165) is 16.6 Å². The summed E-state index contributed by atoms with van der Waals surface area (Å²) in [6.07, 6.45) is 4.46. The average molecular weight is 503 g/mol. The van der Waals surface area contributed by atoms with Crippen LogP contribution in [-0.4, -0.2) is 47.9 Å². The lowest BCUT2D eigenvalue weighted by atomic mass is 9.91. The number of carbonyl (C=O) groups excluding carboxylic acids is 1. The molecule has 166 valence electrons. The van der Waals surface area contributed by atoms with Crippen molar-refractivity contribution < 1.29 is 14.3 Å². The second-order valence-electron chi connectivity index (χ2n) is 8.74. The second-order valence-corrected chi connectivity index (χ2v) is 9.55. The maximum atomic E-state index is 13.3. The Labute approximate surface area is 201 Å². The molecule has 2 bridgehead atoms. The van der Waals surface area contributed by atoms with Gasteiger partial charge in [0.15, 0.2) is 0 Å². The molecule has 0 saturated carbocycles. The summed E-state index contributed by atoms with van der Waals surface area (Å²) in [6.45, 7) is 1.33. The number of halogens is 1. The van der Waals surface area contributed by atoms with Crippen LogP contribution >= 0.6 is 15.9 Å². The fourth-order valence-electron chi connectivity index (χ4n) is 5.33. The van der Waals surface area contributed by atoms with Crippen LogP contribution in [0.2, 0.25) is 0 Å². The minimum atomic E-state index is -0.264. The van der Waals surface area contributed by atoms with E-state index >= 15 is 0 Å². The normalized spacial score (nSPS) is 21.2. The van der Waals surface area contributed by atoms with Crippen LogP contribution in [0.25, 0.3) is 16.7 Å². The van der Waals surface area contributed by atoms with E-state index in [1.807, 2.05) is 17.2 Å². The molecule has 1 aromatic heterocycles. The van der Waals surface area contributed by atoms with Gasteiger partial charge in [-0.3, -0.25) is 4.90 Å². The number of pyridine rings is 1. The number of benzene rings is 2. The fourth-order valence-corrected chi connectivity index (χ4v) is 5.56. The monoisotopic (exact) mass is 502 g/mol. The fraction of sp³-hybridized carbons (Fsp3) is 0.259. The van der Waals surface area contributed by atoms with Crippen LogP contribution < -0.4 is 0 Å². The third kappa shape index (κ3) is 3.67. The van der Waals surface area contributed by atoms with Gasteiger partial charge in [0.2, 0.25) is 0 Å². The molecule has 1 aliphatic carbocycles. The number of fused-ring (bicyclic) bond motifs is 5. The minimum absolute atomic E-state index is 0.0388. The Morgan fingerprint density at radius 1 is 1.03 bits per heavy atom. The van der Waals surface area contributed by atoms with Crippen LogP contribution in [0.3, 0.4) is 0 Å². The molecule has 33 heavy (non-hydrogen) atoms. The first-order chi connectivity index (χ1) is 16.2. The molecule has 2 aromatic carbocycles. The van der Waals surface area contributed by atoms with E-state index in [-0.39, 0.29) is 24.1 Å². The summed E-state index contributed by atoms with van der Waals surface area (Å²) in [6, 6.07) is 20.6. The summed E-state index contributed by atoms with van der Waals surface area (Å²) in [4.78, 5) is 19.5. The van der Waals surface area contributed by atoms with Gasteiger partial charge in [0, 0.05) is 12.1 Å². The maximum Gasteiger partial charge on any atom is 0.410 e. The summed E-state index contributed by atoms with van der Waals surface area (Å²) >= 11 is 3.39. The van der Waals surface area contributed by atoms with E-state index in [4.69, 9.17) is 9.47 Å². The Bertz CT molecular complexity index is 1190. The first-order valence-corrected chi connectivity index (χ1v) is 12.0. The smallest absolute Gasteiger partial charge is 0.410 e. The van der Waals surface area contributed by atoms with Crippen LogP contribution in [-0.2, 0) is 9.47 Å². The van der Waals surface area contributed by atoms with E-state index in [0.29, 0.717) is 19.8 Å². The lowest BCUT2D eigenvalue weighted by Gasteiger charge is -2.43. The number of nitrogens with zero attached hydrogens (tertiary/aromatic N) is 2. The zero-order valence-corrected chi connectivity index (χ0v) is 19.6. The molecule has 1 fully saturated rings. The van der Waals surface area contributed by atoms with Crippen molar-refractivity contribution in [1.82, 2.24) is 9.88 Å². The van der Waals surface area contributed by atoms with Crippen molar-refractivity contribution in [3.8, 4) is 11.1 Å². The average Bonchev–Trinajstić information content (AvgIpc) is 3.16. The van der Waals surface area contributed by atoms with Crippen molar-refractivity contribution in [2.75, 3.05) is 19.8 Å². The van der Waals surface area contributed by atoms with Gasteiger partial charge in [-0.15, -0.1) is 0 Å². The molecule has 0 spiro atoms. The van der Waals surface area contributed by atoms with Gasteiger partial charge in [0.05, 0.1) is 25.3 Å². The zero-order valence-electron chi connectivity index (χ0n) is 18.0. The number of hydrogen-bond acceptors (Lipinski definition) is 4. The van der Waals surface area contributed by atoms with Gasteiger partial charge in [0.1, 0.15) is 11.2 Å². The SMILES string of the molecule is O=C(OCC1c2ccccc2-c2ccccc21)N1C2C=C(c3ccc(Br)nc3)CC1COC2. The number of rotatable bonds is 3.